The molecule has 0 fully saturated rings. The Morgan fingerprint density at radius 2 is 2.05 bits per heavy atom. The van der Waals surface area contributed by atoms with Crippen molar-refractivity contribution in [3.8, 4) is 0 Å². The molecule has 0 aliphatic rings. The third-order valence-electron chi connectivity index (χ3n) is 3.33. The van der Waals surface area contributed by atoms with Crippen LogP contribution in [0.3, 0.4) is 0 Å². The molecule has 0 saturated heterocycles. The number of nitrogens with one attached hydrogen (secondary N) is 1. The molecule has 0 aliphatic carbocycles. The number of aromatic nitrogens is 4. The van der Waals surface area contributed by atoms with E-state index in [2.05, 4.69) is 41.0 Å². The van der Waals surface area contributed by atoms with Crippen molar-refractivity contribution < 1.29 is 0 Å². The summed E-state index contributed by atoms with van der Waals surface area (Å²) >= 11 is 0. The van der Waals surface area contributed by atoms with Crippen molar-refractivity contribution in [1.82, 2.24) is 19.5 Å². The van der Waals surface area contributed by atoms with E-state index in [1.54, 1.807) is 6.33 Å². The summed E-state index contributed by atoms with van der Waals surface area (Å²) in [6.07, 6.45) is 7.24. The van der Waals surface area contributed by atoms with Gasteiger partial charge in [-0.15, -0.1) is 0 Å². The fourth-order valence-electron chi connectivity index (χ4n) is 2.28. The average Bonchev–Trinajstić information content (AvgIpc) is 2.81. The number of anilines is 1. The van der Waals surface area contributed by atoms with E-state index in [0.717, 1.165) is 36.7 Å². The predicted molar refractivity (Wildman–Crippen MR) is 80.9 cm³/mol. The highest BCUT2D eigenvalue weighted by Gasteiger charge is 2.16. The second-order valence-electron chi connectivity index (χ2n) is 5.30. The molecule has 2 heterocycles. The van der Waals surface area contributed by atoms with Gasteiger partial charge >= 0.3 is 0 Å². The van der Waals surface area contributed by atoms with E-state index in [0.29, 0.717) is 5.92 Å². The summed E-state index contributed by atoms with van der Waals surface area (Å²) in [5.74, 6) is 2.36. The number of aryl methyl sites for hydroxylation is 1. The third-order valence-corrected chi connectivity index (χ3v) is 3.33. The van der Waals surface area contributed by atoms with Crippen molar-refractivity contribution in [1.29, 1.82) is 0 Å². The van der Waals surface area contributed by atoms with Gasteiger partial charge < -0.3 is 9.88 Å². The molecule has 0 saturated carbocycles. The van der Waals surface area contributed by atoms with Crippen molar-refractivity contribution in [3.05, 3.63) is 35.8 Å². The summed E-state index contributed by atoms with van der Waals surface area (Å²) in [7, 11) is 2.01. The van der Waals surface area contributed by atoms with Crippen LogP contribution in [-0.2, 0) is 13.5 Å². The number of hydrogen-bond donors (Lipinski definition) is 1. The van der Waals surface area contributed by atoms with Crippen LogP contribution in [0.5, 0.6) is 0 Å². The topological polar surface area (TPSA) is 55.6 Å². The first-order chi connectivity index (χ1) is 9.63. The lowest BCUT2D eigenvalue weighted by Crippen LogP contribution is -2.12. The van der Waals surface area contributed by atoms with E-state index in [9.17, 15) is 0 Å². The zero-order chi connectivity index (χ0) is 14.5. The third kappa shape index (κ3) is 3.15. The van der Waals surface area contributed by atoms with E-state index < -0.39 is 0 Å². The normalized spacial score (nSPS) is 11.1. The molecule has 0 radical (unpaired) electrons. The van der Waals surface area contributed by atoms with Crippen LogP contribution in [0.15, 0.2) is 18.7 Å². The second kappa shape index (κ2) is 6.50. The maximum absolute atomic E-state index is 4.48. The molecule has 2 rings (SSSR count). The molecular formula is C15H23N5. The van der Waals surface area contributed by atoms with Crippen LogP contribution >= 0.6 is 0 Å². The molecule has 2 aromatic rings. The van der Waals surface area contributed by atoms with Crippen LogP contribution in [0.25, 0.3) is 0 Å². The van der Waals surface area contributed by atoms with Crippen LogP contribution in [0.2, 0.25) is 0 Å². The molecular weight excluding hydrogens is 250 g/mol. The standard InChI is InChI=1S/C15H23N5/c1-5-6-17-15-14(11(2)3)12(18-10-19-15)9-13-16-7-8-20(13)4/h7-8,10-11H,5-6,9H2,1-4H3,(H,17,18,19). The summed E-state index contributed by atoms with van der Waals surface area (Å²) in [5.41, 5.74) is 2.26. The number of rotatable bonds is 6. The molecule has 1 N–H and O–H groups in total. The quantitative estimate of drug-likeness (QED) is 0.879. The molecule has 0 atom stereocenters. The molecule has 5 nitrogen and oxygen atoms in total. The molecule has 0 aromatic carbocycles. The number of imidazole rings is 1. The Bertz CT molecular complexity index is 559. The Morgan fingerprint density at radius 1 is 1.25 bits per heavy atom. The molecule has 20 heavy (non-hydrogen) atoms. The van der Waals surface area contributed by atoms with Gasteiger partial charge in [0.15, 0.2) is 0 Å². The highest BCUT2D eigenvalue weighted by molar-refractivity contribution is 5.48. The second-order valence-corrected chi connectivity index (χ2v) is 5.30. The van der Waals surface area contributed by atoms with Crippen LogP contribution in [0, 0.1) is 0 Å². The van der Waals surface area contributed by atoms with Gasteiger partial charge in [-0.05, 0) is 12.3 Å². The summed E-state index contributed by atoms with van der Waals surface area (Å²) < 4.78 is 2.03. The van der Waals surface area contributed by atoms with Crippen LogP contribution in [0.4, 0.5) is 5.82 Å². The maximum Gasteiger partial charge on any atom is 0.133 e. The molecule has 0 amide bonds. The van der Waals surface area contributed by atoms with Gasteiger partial charge in [-0.1, -0.05) is 20.8 Å². The number of hydrogen-bond acceptors (Lipinski definition) is 4. The molecule has 0 aliphatic heterocycles. The van der Waals surface area contributed by atoms with Gasteiger partial charge in [0.25, 0.3) is 0 Å². The summed E-state index contributed by atoms with van der Waals surface area (Å²) in [5, 5.41) is 3.40. The predicted octanol–water partition coefficient (Wildman–Crippen LogP) is 2.75. The van der Waals surface area contributed by atoms with Crippen molar-refractivity contribution in [3.63, 3.8) is 0 Å². The minimum absolute atomic E-state index is 0.380. The van der Waals surface area contributed by atoms with Crippen molar-refractivity contribution >= 4 is 5.82 Å². The average molecular weight is 273 g/mol. The van der Waals surface area contributed by atoms with E-state index in [1.807, 2.05) is 24.0 Å². The zero-order valence-electron chi connectivity index (χ0n) is 12.7. The SMILES string of the molecule is CCCNc1ncnc(Cc2nccn2C)c1C(C)C. The fourth-order valence-corrected chi connectivity index (χ4v) is 2.28. The van der Waals surface area contributed by atoms with Crippen LogP contribution in [-0.4, -0.2) is 26.1 Å². The fraction of sp³-hybridized carbons (Fsp3) is 0.533. The van der Waals surface area contributed by atoms with Gasteiger partial charge in [-0.25, -0.2) is 15.0 Å². The maximum atomic E-state index is 4.48. The van der Waals surface area contributed by atoms with Gasteiger partial charge in [-0.3, -0.25) is 0 Å². The van der Waals surface area contributed by atoms with E-state index in [4.69, 9.17) is 0 Å². The Hall–Kier alpha value is -1.91. The molecule has 5 heteroatoms. The monoisotopic (exact) mass is 273 g/mol. The first kappa shape index (κ1) is 14.5. The van der Waals surface area contributed by atoms with Gasteiger partial charge in [0.2, 0.25) is 0 Å². The van der Waals surface area contributed by atoms with Gasteiger partial charge in [0.05, 0.1) is 5.69 Å². The summed E-state index contributed by atoms with van der Waals surface area (Å²) in [6, 6.07) is 0. The smallest absolute Gasteiger partial charge is 0.133 e. The van der Waals surface area contributed by atoms with Crippen molar-refractivity contribution in [2.45, 2.75) is 39.5 Å². The summed E-state index contributed by atoms with van der Waals surface area (Å²) in [6.45, 7) is 7.44. The van der Waals surface area contributed by atoms with E-state index in [1.165, 1.54) is 5.56 Å². The van der Waals surface area contributed by atoms with Crippen LogP contribution < -0.4 is 5.32 Å². The lowest BCUT2D eigenvalue weighted by Gasteiger charge is -2.16. The Kier molecular flexibility index (Phi) is 4.71. The van der Waals surface area contributed by atoms with Crippen molar-refractivity contribution in [2.75, 3.05) is 11.9 Å². The van der Waals surface area contributed by atoms with Gasteiger partial charge in [0, 0.05) is 38.0 Å². The van der Waals surface area contributed by atoms with E-state index >= 15 is 0 Å². The first-order valence-electron chi connectivity index (χ1n) is 7.17. The molecule has 0 unspecified atom stereocenters. The lowest BCUT2D eigenvalue weighted by atomic mass is 10.00. The molecule has 0 spiro atoms. The van der Waals surface area contributed by atoms with Crippen LogP contribution in [0.1, 0.15) is 50.2 Å². The molecule has 0 bridgehead atoms. The molecule has 2 aromatic heterocycles. The Labute approximate surface area is 120 Å². The minimum atomic E-state index is 0.380. The minimum Gasteiger partial charge on any atom is -0.370 e. The summed E-state index contributed by atoms with van der Waals surface area (Å²) in [4.78, 5) is 13.3. The Balaban J connectivity index is 2.34. The highest BCUT2D eigenvalue weighted by atomic mass is 15.0. The Morgan fingerprint density at radius 3 is 2.65 bits per heavy atom. The zero-order valence-corrected chi connectivity index (χ0v) is 12.7. The first-order valence-corrected chi connectivity index (χ1v) is 7.17. The highest BCUT2D eigenvalue weighted by Crippen LogP contribution is 2.26. The van der Waals surface area contributed by atoms with Crippen molar-refractivity contribution in [2.24, 2.45) is 7.05 Å². The largest absolute Gasteiger partial charge is 0.370 e. The van der Waals surface area contributed by atoms with Gasteiger partial charge in [0.1, 0.15) is 18.0 Å². The van der Waals surface area contributed by atoms with E-state index in [-0.39, 0.29) is 0 Å². The molecule has 108 valence electrons. The van der Waals surface area contributed by atoms with Gasteiger partial charge in [-0.2, -0.15) is 0 Å². The number of nitrogens with zero attached hydrogens (tertiary/aromatic N) is 4. The lowest BCUT2D eigenvalue weighted by molar-refractivity contribution is 0.772.